The van der Waals surface area contributed by atoms with E-state index in [9.17, 15) is 4.79 Å². The average molecular weight is 177 g/mol. The van der Waals surface area contributed by atoms with E-state index in [1.54, 1.807) is 0 Å². The van der Waals surface area contributed by atoms with Gasteiger partial charge in [-0.1, -0.05) is 24.1 Å². The zero-order valence-corrected chi connectivity index (χ0v) is 7.61. The predicted molar refractivity (Wildman–Crippen MR) is 41.6 cm³/mol. The highest BCUT2D eigenvalue weighted by Crippen LogP contribution is 2.01. The second kappa shape index (κ2) is 5.93. The molecule has 0 saturated heterocycles. The minimum Gasteiger partial charge on any atom is -0.270 e. The normalized spacial score (nSPS) is 10.4. The van der Waals surface area contributed by atoms with Crippen LogP contribution in [0.25, 0.3) is 0 Å². The molecule has 0 spiro atoms. The molecule has 72 valence electrons. The third-order valence-electron chi connectivity index (χ3n) is 1.24. The fourth-order valence-corrected chi connectivity index (χ4v) is 0.543. The van der Waals surface area contributed by atoms with E-state index in [2.05, 4.69) is 4.99 Å². The largest absolute Gasteiger partial charge is 0.273 e. The summed E-state index contributed by atoms with van der Waals surface area (Å²) in [5.41, 5.74) is 0. The number of rotatable bonds is 5. The van der Waals surface area contributed by atoms with Gasteiger partial charge in [-0.3, -0.25) is 4.79 Å². The molecule has 5 heteroatoms. The Labute approximate surface area is 71.7 Å². The van der Waals surface area contributed by atoms with Crippen molar-refractivity contribution in [1.29, 1.82) is 0 Å². The lowest BCUT2D eigenvalue weighted by Gasteiger charge is -2.14. The average Bonchev–Trinajstić information content (AvgIpc) is 1.96. The van der Waals surface area contributed by atoms with Gasteiger partial charge < -0.3 is 0 Å². The lowest BCUT2D eigenvalue weighted by Crippen LogP contribution is -2.28. The van der Waals surface area contributed by atoms with E-state index >= 15 is 0 Å². The quantitative estimate of drug-likeness (QED) is 0.506. The molecular weight excluding hydrogens is 162 g/mol. The van der Waals surface area contributed by atoms with Crippen molar-refractivity contribution in [2.75, 3.05) is 6.61 Å². The zero-order chi connectivity index (χ0) is 9.56. The molecule has 12 heavy (non-hydrogen) atoms. The van der Waals surface area contributed by atoms with Crippen molar-refractivity contribution in [3.63, 3.8) is 0 Å². The van der Waals surface area contributed by atoms with Gasteiger partial charge in [-0.25, -0.2) is 10.1 Å². The first-order valence-corrected chi connectivity index (χ1v) is 3.83. The van der Waals surface area contributed by atoms with Crippen molar-refractivity contribution in [1.82, 2.24) is 5.23 Å². The van der Waals surface area contributed by atoms with Gasteiger partial charge in [0.2, 0.25) is 0 Å². The van der Waals surface area contributed by atoms with E-state index in [-0.39, 0.29) is 0 Å². The highest BCUT2D eigenvalue weighted by atomic mass is 17.3. The van der Waals surface area contributed by atoms with Crippen LogP contribution in [0.2, 0.25) is 0 Å². The Bertz CT molecular complexity index is 137. The van der Waals surface area contributed by atoms with Gasteiger partial charge in [0.15, 0.2) is 0 Å². The van der Waals surface area contributed by atoms with Gasteiger partial charge in [0.25, 0.3) is 5.91 Å². The van der Waals surface area contributed by atoms with Crippen LogP contribution in [-0.2, 0) is 14.6 Å². The number of hydroxylamine groups is 2. The van der Waals surface area contributed by atoms with E-state index in [1.165, 1.54) is 6.92 Å². The summed E-state index contributed by atoms with van der Waals surface area (Å²) in [4.78, 5) is 19.0. The molecule has 1 N–H and O–H groups in total. The van der Waals surface area contributed by atoms with Crippen molar-refractivity contribution in [2.24, 2.45) is 5.92 Å². The summed E-state index contributed by atoms with van der Waals surface area (Å²) in [6.07, 6.45) is 0.799. The van der Waals surface area contributed by atoms with Crippen LogP contribution < -0.4 is 0 Å². The SMILES string of the molecule is CC(=O)N(OO)OCCC(C)C. The molecule has 0 aliphatic heterocycles. The first-order chi connectivity index (χ1) is 5.57. The van der Waals surface area contributed by atoms with Crippen LogP contribution in [0.4, 0.5) is 0 Å². The minimum absolute atomic E-state index is 0.345. The molecule has 0 fully saturated rings. The van der Waals surface area contributed by atoms with Gasteiger partial charge in [-0.05, 0) is 12.3 Å². The number of amides is 1. The van der Waals surface area contributed by atoms with E-state index in [0.717, 1.165) is 6.42 Å². The van der Waals surface area contributed by atoms with Gasteiger partial charge in [0.1, 0.15) is 0 Å². The molecule has 0 rings (SSSR count). The Balaban J connectivity index is 3.52. The molecule has 0 heterocycles. The Morgan fingerprint density at radius 1 is 1.58 bits per heavy atom. The van der Waals surface area contributed by atoms with Gasteiger partial charge in [-0.15, -0.1) is 0 Å². The Morgan fingerprint density at radius 3 is 2.50 bits per heavy atom. The standard InChI is InChI=1S/C7H15NO4/c1-6(2)4-5-11-8(12-10)7(3)9/h6,10H,4-5H2,1-3H3. The molecule has 0 aliphatic rings. The summed E-state index contributed by atoms with van der Waals surface area (Å²) in [6.45, 7) is 5.63. The van der Waals surface area contributed by atoms with Crippen molar-refractivity contribution >= 4 is 5.91 Å². The number of hydrogen-bond acceptors (Lipinski definition) is 4. The summed E-state index contributed by atoms with van der Waals surface area (Å²) >= 11 is 0. The monoisotopic (exact) mass is 177 g/mol. The summed E-state index contributed by atoms with van der Waals surface area (Å²) in [7, 11) is 0. The molecule has 0 unspecified atom stereocenters. The van der Waals surface area contributed by atoms with Crippen LogP contribution in [-0.4, -0.2) is 23.0 Å². The van der Waals surface area contributed by atoms with E-state index in [0.29, 0.717) is 17.8 Å². The Hall–Kier alpha value is -0.650. The van der Waals surface area contributed by atoms with Crippen LogP contribution in [0.5, 0.6) is 0 Å². The first kappa shape index (κ1) is 11.4. The lowest BCUT2D eigenvalue weighted by atomic mass is 10.1. The molecule has 0 aromatic rings. The van der Waals surface area contributed by atoms with Crippen molar-refractivity contribution in [3.8, 4) is 0 Å². The molecule has 0 bridgehead atoms. The van der Waals surface area contributed by atoms with Gasteiger partial charge in [0, 0.05) is 6.92 Å². The van der Waals surface area contributed by atoms with Crippen molar-refractivity contribution in [2.45, 2.75) is 27.2 Å². The maximum absolute atomic E-state index is 10.6. The summed E-state index contributed by atoms with van der Waals surface area (Å²) < 4.78 is 0. The first-order valence-electron chi connectivity index (χ1n) is 3.83. The number of hydrogen-bond donors (Lipinski definition) is 1. The molecule has 0 atom stereocenters. The highest BCUT2D eigenvalue weighted by molar-refractivity contribution is 5.70. The predicted octanol–water partition coefficient (Wildman–Crippen LogP) is 1.22. The topological polar surface area (TPSA) is 59.0 Å². The maximum atomic E-state index is 10.6. The molecule has 0 aromatic carbocycles. The van der Waals surface area contributed by atoms with Crippen LogP contribution in [0.1, 0.15) is 27.2 Å². The van der Waals surface area contributed by atoms with Crippen LogP contribution in [0, 0.1) is 5.92 Å². The zero-order valence-electron chi connectivity index (χ0n) is 7.61. The summed E-state index contributed by atoms with van der Waals surface area (Å²) in [6, 6.07) is 0. The van der Waals surface area contributed by atoms with Crippen molar-refractivity contribution in [3.05, 3.63) is 0 Å². The minimum atomic E-state index is -0.499. The Morgan fingerprint density at radius 2 is 2.17 bits per heavy atom. The van der Waals surface area contributed by atoms with Crippen LogP contribution >= 0.6 is 0 Å². The number of nitrogens with zero attached hydrogens (tertiary/aromatic N) is 1. The molecule has 0 saturated carbocycles. The molecular formula is C7H15NO4. The maximum Gasteiger partial charge on any atom is 0.273 e. The summed E-state index contributed by atoms with van der Waals surface area (Å²) in [5.74, 6) is -0.0150. The van der Waals surface area contributed by atoms with Crippen LogP contribution in [0.3, 0.4) is 0 Å². The van der Waals surface area contributed by atoms with Crippen molar-refractivity contribution < 1.29 is 19.9 Å². The van der Waals surface area contributed by atoms with E-state index in [4.69, 9.17) is 10.1 Å². The number of carbonyl (C=O) groups excluding carboxylic acids is 1. The van der Waals surface area contributed by atoms with Gasteiger partial charge in [-0.2, -0.15) is 0 Å². The summed E-state index contributed by atoms with van der Waals surface area (Å²) in [5, 5.41) is 8.59. The lowest BCUT2D eigenvalue weighted by molar-refractivity contribution is -0.480. The Kier molecular flexibility index (Phi) is 5.61. The third kappa shape index (κ3) is 5.06. The fraction of sp³-hybridized carbons (Fsp3) is 0.857. The third-order valence-corrected chi connectivity index (χ3v) is 1.24. The second-order valence-electron chi connectivity index (χ2n) is 2.87. The molecule has 5 nitrogen and oxygen atoms in total. The van der Waals surface area contributed by atoms with Gasteiger partial charge >= 0.3 is 0 Å². The molecule has 1 amide bonds. The second-order valence-corrected chi connectivity index (χ2v) is 2.87. The van der Waals surface area contributed by atoms with Crippen LogP contribution in [0.15, 0.2) is 0 Å². The smallest absolute Gasteiger partial charge is 0.270 e. The van der Waals surface area contributed by atoms with E-state index in [1.807, 2.05) is 13.8 Å². The molecule has 0 radical (unpaired) electrons. The van der Waals surface area contributed by atoms with E-state index < -0.39 is 5.91 Å². The molecule has 0 aliphatic carbocycles. The highest BCUT2D eigenvalue weighted by Gasteiger charge is 2.09. The number of carbonyl (C=O) groups is 1. The molecule has 0 aromatic heterocycles. The van der Waals surface area contributed by atoms with Gasteiger partial charge in [0.05, 0.1) is 6.61 Å². The fourth-order valence-electron chi connectivity index (χ4n) is 0.543.